The molecule has 0 amide bonds. The zero-order valence-corrected chi connectivity index (χ0v) is 13.0. The van der Waals surface area contributed by atoms with Gasteiger partial charge < -0.3 is 0 Å². The van der Waals surface area contributed by atoms with Gasteiger partial charge in [-0.1, -0.05) is 55.2 Å². The molecule has 3 nitrogen and oxygen atoms in total. The van der Waals surface area contributed by atoms with Crippen molar-refractivity contribution in [2.24, 2.45) is 0 Å². The number of benzene rings is 1. The van der Waals surface area contributed by atoms with Gasteiger partial charge in [0, 0.05) is 21.1 Å². The van der Waals surface area contributed by atoms with Crippen LogP contribution in [0, 0.1) is 20.0 Å². The molecule has 90 valence electrons. The van der Waals surface area contributed by atoms with Crippen LogP contribution < -0.4 is 5.19 Å². The van der Waals surface area contributed by atoms with Gasteiger partial charge in [-0.25, -0.2) is 0 Å². The van der Waals surface area contributed by atoms with Gasteiger partial charge in [0.05, 0.1) is 8.07 Å². The van der Waals surface area contributed by atoms with Crippen LogP contribution in [0.15, 0.2) is 30.3 Å². The summed E-state index contributed by atoms with van der Waals surface area (Å²) < 4.78 is 22.5. The van der Waals surface area contributed by atoms with Crippen LogP contribution in [0.25, 0.3) is 0 Å². The van der Waals surface area contributed by atoms with Gasteiger partial charge in [-0.3, -0.25) is 0 Å². The van der Waals surface area contributed by atoms with Crippen molar-refractivity contribution in [3.8, 4) is 0 Å². The molecule has 0 saturated carbocycles. The molecule has 0 radical (unpaired) electrons. The Labute approximate surface area is 118 Å². The normalized spacial score (nSPS) is 7.12. The fourth-order valence-corrected chi connectivity index (χ4v) is 2.13. The van der Waals surface area contributed by atoms with Gasteiger partial charge in [-0.2, -0.15) is 0 Å². The maximum atomic E-state index is 7.50. The van der Waals surface area contributed by atoms with Crippen molar-refractivity contribution < 1.29 is 35.0 Å². The fourth-order valence-electron chi connectivity index (χ4n) is 0.938. The second-order valence-corrected chi connectivity index (χ2v) is 8.69. The summed E-state index contributed by atoms with van der Waals surface area (Å²) in [5, 5.41) is 1.54. The van der Waals surface area contributed by atoms with Crippen LogP contribution in [0.1, 0.15) is 0 Å². The summed E-state index contributed by atoms with van der Waals surface area (Å²) in [4.78, 5) is 0. The average molecular weight is 330 g/mol. The van der Waals surface area contributed by atoms with Crippen LogP contribution >= 0.6 is 0 Å². The van der Waals surface area contributed by atoms with Crippen molar-refractivity contribution in [2.75, 3.05) is 0 Å². The van der Waals surface area contributed by atoms with Gasteiger partial charge >= 0.3 is 33.9 Å². The predicted molar refractivity (Wildman–Crippen MR) is 61.2 cm³/mol. The maximum Gasteiger partial charge on any atom is 0 e. The van der Waals surface area contributed by atoms with Crippen molar-refractivity contribution in [1.29, 1.82) is 0 Å². The van der Waals surface area contributed by atoms with E-state index in [0.29, 0.717) is 0 Å². The predicted octanol–water partition coefficient (Wildman–Crippen LogP) is 2.12. The standard InChI is InChI=1S/C9H14Si.3CO.Mo/c1-10(2,3)9-7-5-4-6-8-9;3*1-2;/h4-8H,1-3H3;;;;. The van der Waals surface area contributed by atoms with E-state index in [2.05, 4.69) is 69.9 Å². The van der Waals surface area contributed by atoms with E-state index in [1.54, 1.807) is 0 Å². The number of hydrogen-bond donors (Lipinski definition) is 0. The van der Waals surface area contributed by atoms with Gasteiger partial charge in [0.1, 0.15) is 0 Å². The van der Waals surface area contributed by atoms with Gasteiger partial charge in [0.25, 0.3) is 0 Å². The van der Waals surface area contributed by atoms with E-state index >= 15 is 0 Å². The monoisotopic (exact) mass is 332 g/mol. The van der Waals surface area contributed by atoms with Crippen molar-refractivity contribution in [1.82, 2.24) is 0 Å². The second-order valence-electron chi connectivity index (χ2n) is 3.62. The molecule has 0 saturated heterocycles. The maximum absolute atomic E-state index is 7.50. The Morgan fingerprint density at radius 2 is 1.06 bits per heavy atom. The Balaban J connectivity index is -0.000000106. The zero-order valence-electron chi connectivity index (χ0n) is 10.0. The molecule has 1 aromatic carbocycles. The zero-order chi connectivity index (χ0) is 13.6. The minimum atomic E-state index is -1.03. The molecule has 0 fully saturated rings. The van der Waals surface area contributed by atoms with Crippen LogP contribution in [-0.2, 0) is 35.0 Å². The minimum Gasteiger partial charge on any atom is 0 e. The van der Waals surface area contributed by atoms with Crippen LogP contribution in [0.5, 0.6) is 0 Å². The third-order valence-electron chi connectivity index (χ3n) is 1.64. The Morgan fingerprint density at radius 3 is 1.24 bits per heavy atom. The summed E-state index contributed by atoms with van der Waals surface area (Å²) in [5.41, 5.74) is 0. The summed E-state index contributed by atoms with van der Waals surface area (Å²) in [6.07, 6.45) is 0. The SMILES string of the molecule is C[Si](C)(C)c1ccccc1.[C-]#[O+].[C-]#[O+].[C-]#[O+].[Mo]. The van der Waals surface area contributed by atoms with Crippen LogP contribution in [0.2, 0.25) is 19.6 Å². The molecule has 0 aliphatic rings. The Bertz CT molecular complexity index is 298. The molecule has 1 aromatic rings. The summed E-state index contributed by atoms with van der Waals surface area (Å²) in [6, 6.07) is 10.8. The first-order valence-corrected chi connectivity index (χ1v) is 7.77. The summed E-state index contributed by atoms with van der Waals surface area (Å²) in [7, 11) is -1.03. The first-order valence-electron chi connectivity index (χ1n) is 4.27. The molecule has 0 bridgehead atoms. The Morgan fingerprint density at radius 1 is 0.765 bits per heavy atom. The molecule has 1 rings (SSSR count). The molecule has 0 aromatic heterocycles. The molecule has 17 heavy (non-hydrogen) atoms. The van der Waals surface area contributed by atoms with E-state index in [4.69, 9.17) is 14.0 Å². The molecule has 0 unspecified atom stereocenters. The first kappa shape index (κ1) is 25.3. The van der Waals surface area contributed by atoms with E-state index in [1.165, 1.54) is 5.19 Å². The van der Waals surface area contributed by atoms with E-state index in [1.807, 2.05) is 0 Å². The second kappa shape index (κ2) is 17.7. The summed E-state index contributed by atoms with van der Waals surface area (Å²) in [5.74, 6) is 0. The van der Waals surface area contributed by atoms with Crippen molar-refractivity contribution in [3.63, 3.8) is 0 Å². The topological polar surface area (TPSA) is 59.7 Å². The molecule has 5 heteroatoms. The fraction of sp³-hybridized carbons (Fsp3) is 0.250. The van der Waals surface area contributed by atoms with Crippen LogP contribution in [0.3, 0.4) is 0 Å². The molecule has 0 heterocycles. The van der Waals surface area contributed by atoms with Gasteiger partial charge in [-0.15, -0.1) is 0 Å². The third-order valence-corrected chi connectivity index (χ3v) is 3.71. The van der Waals surface area contributed by atoms with E-state index < -0.39 is 8.07 Å². The van der Waals surface area contributed by atoms with Crippen molar-refractivity contribution >= 4 is 13.3 Å². The van der Waals surface area contributed by atoms with Crippen LogP contribution in [0.4, 0.5) is 0 Å². The quantitative estimate of drug-likeness (QED) is 0.430. The Kier molecular flexibility index (Phi) is 26.3. The summed E-state index contributed by atoms with van der Waals surface area (Å²) in [6.45, 7) is 20.6. The minimum absolute atomic E-state index is 0. The average Bonchev–Trinajstić information content (AvgIpc) is 2.37. The molecule has 0 aliphatic heterocycles. The van der Waals surface area contributed by atoms with Crippen LogP contribution in [-0.4, -0.2) is 8.07 Å². The number of rotatable bonds is 1. The smallest absolute Gasteiger partial charge is 0 e. The molecule has 0 aliphatic carbocycles. The molecular weight excluding hydrogens is 316 g/mol. The number of hydrogen-bond acceptors (Lipinski definition) is 0. The third kappa shape index (κ3) is 15.3. The molecular formula is C12H14MoO3Si. The van der Waals surface area contributed by atoms with Crippen molar-refractivity contribution in [3.05, 3.63) is 50.3 Å². The van der Waals surface area contributed by atoms with Gasteiger partial charge in [-0.05, 0) is 0 Å². The molecule has 0 spiro atoms. The van der Waals surface area contributed by atoms with E-state index in [0.717, 1.165) is 0 Å². The van der Waals surface area contributed by atoms with E-state index in [-0.39, 0.29) is 21.1 Å². The van der Waals surface area contributed by atoms with Crippen molar-refractivity contribution in [2.45, 2.75) is 19.6 Å². The largest absolute Gasteiger partial charge is 0 e. The summed E-state index contributed by atoms with van der Waals surface area (Å²) >= 11 is 0. The molecule has 0 atom stereocenters. The van der Waals surface area contributed by atoms with Gasteiger partial charge in [0.15, 0.2) is 0 Å². The molecule has 0 N–H and O–H groups in total. The Hall–Kier alpha value is -0.655. The van der Waals surface area contributed by atoms with E-state index in [9.17, 15) is 0 Å². The first-order chi connectivity index (χ1) is 7.61. The van der Waals surface area contributed by atoms with Gasteiger partial charge in [0.2, 0.25) is 0 Å².